The van der Waals surface area contributed by atoms with Gasteiger partial charge >= 0.3 is 0 Å². The molecule has 0 aromatic carbocycles. The van der Waals surface area contributed by atoms with Gasteiger partial charge < -0.3 is 0 Å². The molecule has 4 aliphatic rings. The fraction of sp³-hybridized carbons (Fsp3) is 0.714. The lowest BCUT2D eigenvalue weighted by Gasteiger charge is -2.56. The van der Waals surface area contributed by atoms with Gasteiger partial charge in [-0.2, -0.15) is 0 Å². The lowest BCUT2D eigenvalue weighted by atomic mass is 9.49. The maximum atomic E-state index is 6.05. The number of halogens is 2. The second-order valence-corrected chi connectivity index (χ2v) is 7.27. The highest BCUT2D eigenvalue weighted by Crippen LogP contribution is 2.60. The van der Waals surface area contributed by atoms with Crippen molar-refractivity contribution in [3.8, 4) is 0 Å². The lowest BCUT2D eigenvalue weighted by Crippen LogP contribution is -2.49. The zero-order chi connectivity index (χ0) is 12.3. The minimum absolute atomic E-state index is 0.255. The van der Waals surface area contributed by atoms with Gasteiger partial charge in [0.1, 0.15) is 5.15 Å². The molecule has 1 heterocycles. The molecule has 0 spiro atoms. The van der Waals surface area contributed by atoms with Crippen molar-refractivity contribution in [3.05, 3.63) is 22.2 Å². The standard InChI is InChI=1S/C14H16Cl2N2/c15-12-4-11(17-13(16)18-12)14-5-8-1-9(6-14)3-10(2-8)7-14/h4,8-10H,1-3,5-7H2. The van der Waals surface area contributed by atoms with Crippen LogP contribution in [0.5, 0.6) is 0 Å². The van der Waals surface area contributed by atoms with Gasteiger partial charge in [0, 0.05) is 5.41 Å². The molecule has 0 saturated heterocycles. The third-order valence-corrected chi connectivity index (χ3v) is 5.61. The van der Waals surface area contributed by atoms with Crippen LogP contribution in [0.15, 0.2) is 6.07 Å². The Morgan fingerprint density at radius 1 is 0.944 bits per heavy atom. The maximum Gasteiger partial charge on any atom is 0.224 e. The predicted molar refractivity (Wildman–Crippen MR) is 71.9 cm³/mol. The maximum absolute atomic E-state index is 6.05. The monoisotopic (exact) mass is 282 g/mol. The van der Waals surface area contributed by atoms with E-state index in [2.05, 4.69) is 9.97 Å². The van der Waals surface area contributed by atoms with Crippen LogP contribution in [0.3, 0.4) is 0 Å². The highest BCUT2D eigenvalue weighted by atomic mass is 35.5. The van der Waals surface area contributed by atoms with Gasteiger partial charge in [0.2, 0.25) is 5.28 Å². The molecule has 4 aliphatic carbocycles. The molecule has 0 N–H and O–H groups in total. The molecule has 4 fully saturated rings. The molecule has 96 valence electrons. The van der Waals surface area contributed by atoms with E-state index in [1.54, 1.807) is 0 Å². The Bertz CT molecular complexity index is 445. The predicted octanol–water partition coefficient (Wildman–Crippen LogP) is 4.25. The molecule has 0 radical (unpaired) electrons. The first-order valence-electron chi connectivity index (χ1n) is 6.83. The van der Waals surface area contributed by atoms with E-state index in [9.17, 15) is 0 Å². The third kappa shape index (κ3) is 1.69. The molecule has 4 saturated carbocycles. The van der Waals surface area contributed by atoms with Crippen molar-refractivity contribution >= 4 is 23.2 Å². The molecule has 0 aliphatic heterocycles. The number of hydrogen-bond donors (Lipinski definition) is 0. The van der Waals surface area contributed by atoms with Gasteiger partial charge in [-0.15, -0.1) is 0 Å². The van der Waals surface area contributed by atoms with Crippen molar-refractivity contribution in [3.63, 3.8) is 0 Å². The Hall–Kier alpha value is -0.340. The number of nitrogens with zero attached hydrogens (tertiary/aromatic N) is 2. The van der Waals surface area contributed by atoms with E-state index in [-0.39, 0.29) is 5.41 Å². The van der Waals surface area contributed by atoms with Crippen LogP contribution in [0.1, 0.15) is 44.2 Å². The summed E-state index contributed by atoms with van der Waals surface area (Å²) in [4.78, 5) is 8.48. The third-order valence-electron chi connectivity index (χ3n) is 5.25. The molecule has 4 bridgehead atoms. The summed E-state index contributed by atoms with van der Waals surface area (Å²) in [6, 6.07) is 1.95. The zero-order valence-corrected chi connectivity index (χ0v) is 11.7. The second kappa shape index (κ2) is 3.83. The van der Waals surface area contributed by atoms with Crippen LogP contribution in [-0.2, 0) is 5.41 Å². The Balaban J connectivity index is 1.79. The number of aromatic nitrogens is 2. The van der Waals surface area contributed by atoms with E-state index < -0.39 is 0 Å². The molecule has 5 rings (SSSR count). The van der Waals surface area contributed by atoms with Crippen LogP contribution < -0.4 is 0 Å². The summed E-state index contributed by atoms with van der Waals surface area (Å²) in [5, 5.41) is 0.786. The summed E-state index contributed by atoms with van der Waals surface area (Å²) in [7, 11) is 0. The Morgan fingerprint density at radius 2 is 1.50 bits per heavy atom. The fourth-order valence-electron chi connectivity index (χ4n) is 5.09. The first-order valence-corrected chi connectivity index (χ1v) is 7.59. The molecular formula is C14H16Cl2N2. The highest BCUT2D eigenvalue weighted by Gasteiger charge is 2.52. The van der Waals surface area contributed by atoms with Crippen molar-refractivity contribution in [2.45, 2.75) is 43.9 Å². The van der Waals surface area contributed by atoms with Crippen LogP contribution in [0.2, 0.25) is 10.4 Å². The summed E-state index contributed by atoms with van der Waals surface area (Å²) in [6.45, 7) is 0. The van der Waals surface area contributed by atoms with Gasteiger partial charge in [-0.1, -0.05) is 11.6 Å². The largest absolute Gasteiger partial charge is 0.224 e. The number of rotatable bonds is 1. The molecule has 0 atom stereocenters. The van der Waals surface area contributed by atoms with Gasteiger partial charge in [0.15, 0.2) is 0 Å². The van der Waals surface area contributed by atoms with Crippen molar-refractivity contribution in [2.24, 2.45) is 17.8 Å². The van der Waals surface area contributed by atoms with Gasteiger partial charge in [0.25, 0.3) is 0 Å². The average Bonchev–Trinajstić information content (AvgIpc) is 2.25. The fourth-order valence-corrected chi connectivity index (χ4v) is 5.49. The van der Waals surface area contributed by atoms with Gasteiger partial charge in [-0.25, -0.2) is 9.97 Å². The zero-order valence-electron chi connectivity index (χ0n) is 10.2. The summed E-state index contributed by atoms with van der Waals surface area (Å²) >= 11 is 12.0. The van der Waals surface area contributed by atoms with E-state index in [0.29, 0.717) is 10.4 Å². The molecule has 2 nitrogen and oxygen atoms in total. The smallest absolute Gasteiger partial charge is 0.222 e. The van der Waals surface area contributed by atoms with Crippen molar-refractivity contribution in [1.82, 2.24) is 9.97 Å². The van der Waals surface area contributed by atoms with E-state index in [4.69, 9.17) is 23.2 Å². The van der Waals surface area contributed by atoms with E-state index in [1.165, 1.54) is 38.5 Å². The second-order valence-electron chi connectivity index (χ2n) is 6.54. The minimum Gasteiger partial charge on any atom is -0.222 e. The topological polar surface area (TPSA) is 25.8 Å². The minimum atomic E-state index is 0.255. The summed E-state index contributed by atoms with van der Waals surface area (Å²) in [5.74, 6) is 2.72. The molecular weight excluding hydrogens is 267 g/mol. The molecule has 18 heavy (non-hydrogen) atoms. The summed E-state index contributed by atoms with van der Waals surface area (Å²) < 4.78 is 0. The average molecular weight is 283 g/mol. The molecule has 0 unspecified atom stereocenters. The van der Waals surface area contributed by atoms with E-state index in [1.807, 2.05) is 6.07 Å². The van der Waals surface area contributed by atoms with E-state index >= 15 is 0 Å². The first-order chi connectivity index (χ1) is 8.63. The Morgan fingerprint density at radius 3 is 2.00 bits per heavy atom. The Kier molecular flexibility index (Phi) is 2.44. The van der Waals surface area contributed by atoms with Crippen molar-refractivity contribution in [1.29, 1.82) is 0 Å². The molecule has 0 amide bonds. The van der Waals surface area contributed by atoms with E-state index in [0.717, 1.165) is 23.4 Å². The molecule has 4 heteroatoms. The van der Waals surface area contributed by atoms with Gasteiger partial charge in [-0.3, -0.25) is 0 Å². The summed E-state index contributed by atoms with van der Waals surface area (Å²) in [5.41, 5.74) is 1.36. The van der Waals surface area contributed by atoms with Crippen LogP contribution in [0.4, 0.5) is 0 Å². The molecule has 1 aromatic rings. The quantitative estimate of drug-likeness (QED) is 0.568. The van der Waals surface area contributed by atoms with Crippen LogP contribution in [0.25, 0.3) is 0 Å². The van der Waals surface area contributed by atoms with Gasteiger partial charge in [0.05, 0.1) is 5.69 Å². The SMILES string of the molecule is Clc1cc(C23CC4CC(CC(C4)C2)C3)nc(Cl)n1. The Labute approximate surface area is 117 Å². The van der Waals surface area contributed by atoms with Crippen LogP contribution in [-0.4, -0.2) is 9.97 Å². The van der Waals surface area contributed by atoms with Crippen LogP contribution >= 0.6 is 23.2 Å². The molecule has 1 aromatic heterocycles. The van der Waals surface area contributed by atoms with Crippen molar-refractivity contribution < 1.29 is 0 Å². The highest BCUT2D eigenvalue weighted by molar-refractivity contribution is 6.31. The van der Waals surface area contributed by atoms with Crippen molar-refractivity contribution in [2.75, 3.05) is 0 Å². The number of hydrogen-bond acceptors (Lipinski definition) is 2. The first kappa shape index (κ1) is 11.5. The van der Waals surface area contributed by atoms with Gasteiger partial charge in [-0.05, 0) is 73.9 Å². The normalized spacial score (nSPS) is 41.3. The summed E-state index contributed by atoms with van der Waals surface area (Å²) in [6.07, 6.45) is 8.15. The lowest BCUT2D eigenvalue weighted by molar-refractivity contribution is -0.00725. The van der Waals surface area contributed by atoms with Crippen LogP contribution in [0, 0.1) is 17.8 Å².